The van der Waals surface area contributed by atoms with Crippen molar-refractivity contribution in [2.24, 2.45) is 0 Å². The van der Waals surface area contributed by atoms with E-state index >= 15 is 0 Å². The van der Waals surface area contributed by atoms with Crippen molar-refractivity contribution in [2.45, 2.75) is 6.10 Å². The van der Waals surface area contributed by atoms with Gasteiger partial charge in [-0.3, -0.25) is 0 Å². The topological polar surface area (TPSA) is 21.7 Å². The van der Waals surface area contributed by atoms with E-state index in [1.54, 1.807) is 12.2 Å². The van der Waals surface area contributed by atoms with Crippen molar-refractivity contribution in [1.82, 2.24) is 4.90 Å². The minimum Gasteiger partial charge on any atom is -0.491 e. The minimum absolute atomic E-state index is 0.138. The van der Waals surface area contributed by atoms with Gasteiger partial charge in [0.05, 0.1) is 6.61 Å². The van der Waals surface area contributed by atoms with Gasteiger partial charge in [-0.05, 0) is 19.2 Å². The molecule has 0 spiro atoms. The second-order valence-electron chi connectivity index (χ2n) is 3.97. The van der Waals surface area contributed by atoms with Gasteiger partial charge in [0.25, 0.3) is 0 Å². The van der Waals surface area contributed by atoms with E-state index < -0.39 is 0 Å². The van der Waals surface area contributed by atoms with Crippen LogP contribution in [-0.4, -0.2) is 44.4 Å². The van der Waals surface area contributed by atoms with Crippen LogP contribution in [0.5, 0.6) is 0 Å². The molecule has 1 saturated heterocycles. The lowest BCUT2D eigenvalue weighted by molar-refractivity contribution is -0.0505. The van der Waals surface area contributed by atoms with Crippen molar-refractivity contribution in [2.75, 3.05) is 33.4 Å². The highest BCUT2D eigenvalue weighted by molar-refractivity contribution is 5.19. The van der Waals surface area contributed by atoms with E-state index in [9.17, 15) is 0 Å². The molecule has 0 aromatic carbocycles. The summed E-state index contributed by atoms with van der Waals surface area (Å²) in [6.07, 6.45) is 9.08. The Bertz CT molecular complexity index is 307. The van der Waals surface area contributed by atoms with E-state index in [1.807, 2.05) is 18.2 Å². The van der Waals surface area contributed by atoms with Crippen LogP contribution in [0.15, 0.2) is 49.3 Å². The summed E-state index contributed by atoms with van der Waals surface area (Å²) >= 11 is 0. The maximum absolute atomic E-state index is 5.68. The molecule has 1 unspecified atom stereocenters. The van der Waals surface area contributed by atoms with Crippen molar-refractivity contribution in [3.63, 3.8) is 0 Å². The monoisotopic (exact) mass is 235 g/mol. The zero-order chi connectivity index (χ0) is 12.5. The molecular formula is C14H21NO2. The lowest BCUT2D eigenvalue weighted by Crippen LogP contribution is -2.42. The quantitative estimate of drug-likeness (QED) is 0.520. The number of nitrogens with zero attached hydrogens (tertiary/aromatic N) is 1. The van der Waals surface area contributed by atoms with Gasteiger partial charge < -0.3 is 14.4 Å². The Balaban J connectivity index is 2.40. The number of hydrogen-bond acceptors (Lipinski definition) is 3. The van der Waals surface area contributed by atoms with Crippen LogP contribution >= 0.6 is 0 Å². The summed E-state index contributed by atoms with van der Waals surface area (Å²) < 4.78 is 11.3. The van der Waals surface area contributed by atoms with E-state index in [-0.39, 0.29) is 6.10 Å². The first-order valence-corrected chi connectivity index (χ1v) is 5.81. The van der Waals surface area contributed by atoms with E-state index in [4.69, 9.17) is 9.47 Å². The molecule has 0 bridgehead atoms. The van der Waals surface area contributed by atoms with Gasteiger partial charge in [0.1, 0.15) is 18.5 Å². The molecule has 0 aromatic rings. The molecule has 1 aliphatic heterocycles. The second kappa shape index (κ2) is 7.87. The van der Waals surface area contributed by atoms with E-state index in [1.165, 1.54) is 0 Å². The average molecular weight is 235 g/mol. The predicted molar refractivity (Wildman–Crippen MR) is 70.8 cm³/mol. The molecule has 0 radical (unpaired) electrons. The molecular weight excluding hydrogens is 214 g/mol. The first-order valence-electron chi connectivity index (χ1n) is 5.81. The zero-order valence-corrected chi connectivity index (χ0v) is 10.5. The number of hydrogen-bond donors (Lipinski definition) is 0. The largest absolute Gasteiger partial charge is 0.491 e. The maximum atomic E-state index is 5.68. The van der Waals surface area contributed by atoms with E-state index in [2.05, 4.69) is 25.1 Å². The van der Waals surface area contributed by atoms with Crippen molar-refractivity contribution < 1.29 is 9.47 Å². The van der Waals surface area contributed by atoms with Gasteiger partial charge in [-0.15, -0.1) is 0 Å². The third-order valence-corrected chi connectivity index (χ3v) is 2.46. The third-order valence-electron chi connectivity index (χ3n) is 2.46. The van der Waals surface area contributed by atoms with E-state index in [0.717, 1.165) is 25.5 Å². The van der Waals surface area contributed by atoms with Gasteiger partial charge in [0, 0.05) is 13.1 Å². The summed E-state index contributed by atoms with van der Waals surface area (Å²) in [4.78, 5) is 2.24. The highest BCUT2D eigenvalue weighted by atomic mass is 16.5. The number of ether oxygens (including phenoxy) is 2. The van der Waals surface area contributed by atoms with E-state index in [0.29, 0.717) is 6.61 Å². The molecule has 1 atom stereocenters. The Morgan fingerprint density at radius 3 is 2.94 bits per heavy atom. The fraction of sp³-hybridized carbons (Fsp3) is 0.429. The van der Waals surface area contributed by atoms with Gasteiger partial charge in [0.15, 0.2) is 0 Å². The average Bonchev–Trinajstić information content (AvgIpc) is 2.33. The minimum atomic E-state index is 0.138. The van der Waals surface area contributed by atoms with Crippen LogP contribution in [0.25, 0.3) is 0 Å². The van der Waals surface area contributed by atoms with Crippen LogP contribution in [0.1, 0.15) is 0 Å². The summed E-state index contributed by atoms with van der Waals surface area (Å²) in [5.41, 5.74) is 0. The lowest BCUT2D eigenvalue weighted by atomic mass is 10.3. The third kappa shape index (κ3) is 5.52. The van der Waals surface area contributed by atoms with Crippen LogP contribution in [0.2, 0.25) is 0 Å². The summed E-state index contributed by atoms with van der Waals surface area (Å²) in [5.74, 6) is 0.775. The predicted octanol–water partition coefficient (Wildman–Crippen LogP) is 2.15. The molecule has 1 heterocycles. The molecule has 0 saturated carbocycles. The smallest absolute Gasteiger partial charge is 0.119 e. The lowest BCUT2D eigenvalue weighted by Gasteiger charge is -2.29. The summed E-state index contributed by atoms with van der Waals surface area (Å²) in [7, 11) is 2.09. The number of rotatable bonds is 6. The molecule has 1 aliphatic rings. The van der Waals surface area contributed by atoms with Gasteiger partial charge in [-0.2, -0.15) is 0 Å². The Morgan fingerprint density at radius 2 is 2.29 bits per heavy atom. The molecule has 0 aromatic heterocycles. The van der Waals surface area contributed by atoms with Crippen LogP contribution in [0, 0.1) is 0 Å². The zero-order valence-electron chi connectivity index (χ0n) is 10.5. The van der Waals surface area contributed by atoms with Crippen molar-refractivity contribution in [1.29, 1.82) is 0 Å². The van der Waals surface area contributed by atoms with Crippen LogP contribution in [0.4, 0.5) is 0 Å². The van der Waals surface area contributed by atoms with Gasteiger partial charge in [-0.25, -0.2) is 0 Å². The number of allylic oxidation sites excluding steroid dienone is 5. The Hall–Kier alpha value is -1.32. The highest BCUT2D eigenvalue weighted by Crippen LogP contribution is 2.07. The van der Waals surface area contributed by atoms with Crippen molar-refractivity contribution >= 4 is 0 Å². The first-order chi connectivity index (χ1) is 8.26. The summed E-state index contributed by atoms with van der Waals surface area (Å²) in [5, 5.41) is 0. The fourth-order valence-electron chi connectivity index (χ4n) is 1.59. The second-order valence-corrected chi connectivity index (χ2v) is 3.97. The molecule has 17 heavy (non-hydrogen) atoms. The van der Waals surface area contributed by atoms with Crippen molar-refractivity contribution in [3.8, 4) is 0 Å². The van der Waals surface area contributed by atoms with Crippen LogP contribution in [0.3, 0.4) is 0 Å². The highest BCUT2D eigenvalue weighted by Gasteiger charge is 2.18. The van der Waals surface area contributed by atoms with Crippen LogP contribution < -0.4 is 0 Å². The number of morpholine rings is 1. The Labute approximate surface area is 104 Å². The standard InChI is InChI=1S/C14H21NO2/c1-4-6-8-13(7-5-2)17-12-14-11-15(3)9-10-16-14/h4-8,14H,1-2,9-12H2,3H3/b8-6-,13-7+. The molecule has 1 fully saturated rings. The fourth-order valence-corrected chi connectivity index (χ4v) is 1.59. The normalized spacial score (nSPS) is 22.6. The number of likely N-dealkylation sites (N-methyl/N-ethyl adjacent to an activating group) is 1. The summed E-state index contributed by atoms with van der Waals surface area (Å²) in [6.45, 7) is 10.5. The molecule has 1 rings (SSSR count). The molecule has 0 amide bonds. The summed E-state index contributed by atoms with van der Waals surface area (Å²) in [6, 6.07) is 0. The SMILES string of the molecule is C=C/C=C\C(=C/C=C)OCC1CN(C)CCO1. The molecule has 94 valence electrons. The molecule has 0 N–H and O–H groups in total. The first kappa shape index (κ1) is 13.7. The molecule has 3 nitrogen and oxygen atoms in total. The van der Waals surface area contributed by atoms with Gasteiger partial charge in [-0.1, -0.05) is 31.4 Å². The Kier molecular flexibility index (Phi) is 6.37. The molecule has 3 heteroatoms. The van der Waals surface area contributed by atoms with Crippen molar-refractivity contribution in [3.05, 3.63) is 49.3 Å². The maximum Gasteiger partial charge on any atom is 0.119 e. The van der Waals surface area contributed by atoms with Gasteiger partial charge >= 0.3 is 0 Å². The van der Waals surface area contributed by atoms with Crippen LogP contribution in [-0.2, 0) is 9.47 Å². The molecule has 0 aliphatic carbocycles. The van der Waals surface area contributed by atoms with Gasteiger partial charge in [0.2, 0.25) is 0 Å². The Morgan fingerprint density at radius 1 is 1.47 bits per heavy atom.